The number of ether oxygens (including phenoxy) is 1. The first kappa shape index (κ1) is 17.2. The molecule has 0 radical (unpaired) electrons. The second-order valence-electron chi connectivity index (χ2n) is 7.40. The maximum Gasteiger partial charge on any atom is 0.169 e. The minimum absolute atomic E-state index is 0.0256. The molecule has 0 spiro atoms. The Hall–Kier alpha value is -2.20. The van der Waals surface area contributed by atoms with Crippen molar-refractivity contribution in [3.8, 4) is 5.75 Å². The highest BCUT2D eigenvalue weighted by molar-refractivity contribution is 6.00. The molecule has 4 rings (SSSR count). The number of benzene rings is 2. The summed E-state index contributed by atoms with van der Waals surface area (Å²) < 4.78 is 19.1. The number of para-hydroxylation sites is 1. The minimum atomic E-state index is -0.470. The van der Waals surface area contributed by atoms with Crippen LogP contribution in [0, 0.1) is 11.7 Å². The Morgan fingerprint density at radius 1 is 1.08 bits per heavy atom. The number of methoxy groups -OCH3 is 1. The molecule has 2 aliphatic rings. The number of carbonyl (C=O) groups excluding carboxylic acids is 1. The van der Waals surface area contributed by atoms with Crippen LogP contribution >= 0.6 is 0 Å². The van der Waals surface area contributed by atoms with Gasteiger partial charge in [-0.15, -0.1) is 0 Å². The summed E-state index contributed by atoms with van der Waals surface area (Å²) in [7, 11) is 1.42. The topological polar surface area (TPSA) is 29.5 Å². The van der Waals surface area contributed by atoms with Crippen LogP contribution in [0.3, 0.4) is 0 Å². The monoisotopic (exact) mass is 353 g/mol. The Morgan fingerprint density at radius 2 is 1.77 bits per heavy atom. The minimum Gasteiger partial charge on any atom is -0.493 e. The summed E-state index contributed by atoms with van der Waals surface area (Å²) >= 11 is 0. The number of hydrogen-bond acceptors (Lipinski definition) is 3. The predicted molar refractivity (Wildman–Crippen MR) is 98.8 cm³/mol. The Balaban J connectivity index is 1.50. The lowest BCUT2D eigenvalue weighted by atomic mass is 9.84. The molecule has 2 aromatic carbocycles. The van der Waals surface area contributed by atoms with E-state index in [0.717, 1.165) is 32.2 Å². The van der Waals surface area contributed by atoms with E-state index in [0.29, 0.717) is 17.6 Å². The van der Waals surface area contributed by atoms with E-state index < -0.39 is 5.82 Å². The molecule has 0 aliphatic carbocycles. The lowest BCUT2D eigenvalue weighted by molar-refractivity contribution is 0.0675. The van der Waals surface area contributed by atoms with E-state index in [4.69, 9.17) is 4.74 Å². The number of piperidine rings is 1. The van der Waals surface area contributed by atoms with E-state index in [1.54, 1.807) is 12.1 Å². The number of ketones is 1. The summed E-state index contributed by atoms with van der Waals surface area (Å²) in [4.78, 5) is 15.6. The number of nitrogens with zero attached hydrogens (tertiary/aromatic N) is 1. The first-order valence-corrected chi connectivity index (χ1v) is 9.33. The van der Waals surface area contributed by atoms with E-state index in [2.05, 4.69) is 29.2 Å². The molecule has 0 amide bonds. The molecule has 2 atom stereocenters. The summed E-state index contributed by atoms with van der Waals surface area (Å²) in [5.41, 5.74) is 1.70. The van der Waals surface area contributed by atoms with E-state index in [9.17, 15) is 9.18 Å². The van der Waals surface area contributed by atoms with Gasteiger partial charge in [0.25, 0.3) is 0 Å². The van der Waals surface area contributed by atoms with Crippen molar-refractivity contribution in [2.75, 3.05) is 7.11 Å². The third-order valence-electron chi connectivity index (χ3n) is 5.90. The highest BCUT2D eigenvalue weighted by atomic mass is 19.1. The summed E-state index contributed by atoms with van der Waals surface area (Å²) in [6.07, 6.45) is 3.98. The standard InChI is InChI=1S/C22H24FNO2/c1-26-22-19(8-5-9-20(22)23)21(25)16-12-17-10-11-18(13-16)24(17)14-15-6-3-2-4-7-15/h2-9,16-18H,10-14H2,1H3. The lowest BCUT2D eigenvalue weighted by Gasteiger charge is -2.38. The molecule has 2 aliphatic heterocycles. The van der Waals surface area contributed by atoms with Gasteiger partial charge in [0.05, 0.1) is 12.7 Å². The van der Waals surface area contributed by atoms with E-state index in [-0.39, 0.29) is 17.5 Å². The van der Waals surface area contributed by atoms with Crippen molar-refractivity contribution in [3.05, 3.63) is 65.5 Å². The summed E-state index contributed by atoms with van der Waals surface area (Å²) in [6.45, 7) is 0.945. The van der Waals surface area contributed by atoms with Crippen molar-refractivity contribution in [2.45, 2.75) is 44.3 Å². The average molecular weight is 353 g/mol. The van der Waals surface area contributed by atoms with Gasteiger partial charge in [-0.2, -0.15) is 0 Å². The van der Waals surface area contributed by atoms with Gasteiger partial charge in [0.2, 0.25) is 0 Å². The van der Waals surface area contributed by atoms with Crippen molar-refractivity contribution in [1.82, 2.24) is 4.90 Å². The van der Waals surface area contributed by atoms with Crippen LogP contribution in [0.25, 0.3) is 0 Å². The average Bonchev–Trinajstić information content (AvgIpc) is 2.89. The third kappa shape index (κ3) is 3.14. The molecule has 2 fully saturated rings. The Labute approximate surface area is 153 Å². The number of Topliss-reactive ketones (excluding diaryl/α,β-unsaturated/α-hetero) is 1. The zero-order chi connectivity index (χ0) is 18.1. The van der Waals surface area contributed by atoms with Crippen LogP contribution < -0.4 is 4.74 Å². The smallest absolute Gasteiger partial charge is 0.169 e. The molecule has 136 valence electrons. The van der Waals surface area contributed by atoms with Crippen LogP contribution in [0.4, 0.5) is 4.39 Å². The molecule has 2 saturated heterocycles. The second kappa shape index (κ2) is 7.20. The molecule has 0 saturated carbocycles. The van der Waals surface area contributed by atoms with Crippen molar-refractivity contribution >= 4 is 5.78 Å². The van der Waals surface area contributed by atoms with Crippen LogP contribution in [0.2, 0.25) is 0 Å². The fraction of sp³-hybridized carbons (Fsp3) is 0.409. The third-order valence-corrected chi connectivity index (χ3v) is 5.90. The van der Waals surface area contributed by atoms with E-state index >= 15 is 0 Å². The van der Waals surface area contributed by atoms with Crippen molar-refractivity contribution < 1.29 is 13.9 Å². The van der Waals surface area contributed by atoms with Gasteiger partial charge in [-0.1, -0.05) is 36.4 Å². The maximum atomic E-state index is 14.0. The molecule has 4 heteroatoms. The van der Waals surface area contributed by atoms with Gasteiger partial charge in [-0.05, 0) is 43.4 Å². The molecule has 0 N–H and O–H groups in total. The predicted octanol–water partition coefficient (Wildman–Crippen LogP) is 4.46. The van der Waals surface area contributed by atoms with Crippen LogP contribution in [-0.4, -0.2) is 29.9 Å². The summed E-state index contributed by atoms with van der Waals surface area (Å²) in [5.74, 6) is -0.410. The zero-order valence-electron chi connectivity index (χ0n) is 15.0. The normalized spacial score (nSPS) is 25.2. The first-order chi connectivity index (χ1) is 12.7. The Bertz CT molecular complexity index is 778. The SMILES string of the molecule is COc1c(F)cccc1C(=O)C1CC2CCC(C1)N2Cc1ccccc1. The van der Waals surface area contributed by atoms with Gasteiger partial charge < -0.3 is 4.74 Å². The van der Waals surface area contributed by atoms with Gasteiger partial charge in [0, 0.05) is 24.5 Å². The second-order valence-corrected chi connectivity index (χ2v) is 7.40. The number of rotatable bonds is 5. The van der Waals surface area contributed by atoms with Gasteiger partial charge in [0.15, 0.2) is 17.3 Å². The fourth-order valence-corrected chi connectivity index (χ4v) is 4.67. The van der Waals surface area contributed by atoms with Crippen LogP contribution in [0.1, 0.15) is 41.6 Å². The summed E-state index contributed by atoms with van der Waals surface area (Å²) in [6, 6.07) is 16.0. The fourth-order valence-electron chi connectivity index (χ4n) is 4.67. The molecule has 2 unspecified atom stereocenters. The van der Waals surface area contributed by atoms with Crippen molar-refractivity contribution in [1.29, 1.82) is 0 Å². The summed E-state index contributed by atoms with van der Waals surface area (Å²) in [5, 5.41) is 0. The number of halogens is 1. The Kier molecular flexibility index (Phi) is 4.77. The number of carbonyl (C=O) groups is 1. The van der Waals surface area contributed by atoms with Crippen LogP contribution in [0.15, 0.2) is 48.5 Å². The van der Waals surface area contributed by atoms with Gasteiger partial charge in [0.1, 0.15) is 0 Å². The molecule has 26 heavy (non-hydrogen) atoms. The molecule has 0 aromatic heterocycles. The van der Waals surface area contributed by atoms with Crippen LogP contribution in [-0.2, 0) is 6.54 Å². The Morgan fingerprint density at radius 3 is 2.42 bits per heavy atom. The first-order valence-electron chi connectivity index (χ1n) is 9.33. The quantitative estimate of drug-likeness (QED) is 0.743. The molecule has 3 nitrogen and oxygen atoms in total. The highest BCUT2D eigenvalue weighted by Crippen LogP contribution is 2.41. The van der Waals surface area contributed by atoms with Gasteiger partial charge >= 0.3 is 0 Å². The van der Waals surface area contributed by atoms with Crippen LogP contribution in [0.5, 0.6) is 5.75 Å². The largest absolute Gasteiger partial charge is 0.493 e. The molecular formula is C22H24FNO2. The van der Waals surface area contributed by atoms with Crippen molar-refractivity contribution in [3.63, 3.8) is 0 Å². The number of fused-ring (bicyclic) bond motifs is 2. The number of hydrogen-bond donors (Lipinski definition) is 0. The molecular weight excluding hydrogens is 329 g/mol. The zero-order valence-corrected chi connectivity index (χ0v) is 15.0. The van der Waals surface area contributed by atoms with Crippen molar-refractivity contribution in [2.24, 2.45) is 5.92 Å². The lowest BCUT2D eigenvalue weighted by Crippen LogP contribution is -2.44. The maximum absolute atomic E-state index is 14.0. The molecule has 2 aromatic rings. The van der Waals surface area contributed by atoms with Gasteiger partial charge in [-0.3, -0.25) is 9.69 Å². The highest BCUT2D eigenvalue weighted by Gasteiger charge is 2.43. The van der Waals surface area contributed by atoms with E-state index in [1.165, 1.54) is 18.7 Å². The van der Waals surface area contributed by atoms with E-state index in [1.807, 2.05) is 6.07 Å². The molecule has 2 heterocycles. The van der Waals surface area contributed by atoms with Gasteiger partial charge in [-0.25, -0.2) is 4.39 Å². The molecule has 2 bridgehead atoms.